The number of halogens is 2. The lowest BCUT2D eigenvalue weighted by atomic mass is 10.2. The molecule has 166 valence electrons. The van der Waals surface area contributed by atoms with Crippen LogP contribution in [0, 0.1) is 0 Å². The van der Waals surface area contributed by atoms with E-state index in [1.807, 2.05) is 0 Å². The lowest BCUT2D eigenvalue weighted by Crippen LogP contribution is -2.41. The normalized spacial score (nSPS) is 10.8. The Morgan fingerprint density at radius 3 is 2.16 bits per heavy atom. The van der Waals surface area contributed by atoms with E-state index in [9.17, 15) is 18.0 Å². The van der Waals surface area contributed by atoms with E-state index in [0.29, 0.717) is 10.8 Å². The van der Waals surface area contributed by atoms with Gasteiger partial charge in [0.25, 0.3) is 21.8 Å². The Bertz CT molecular complexity index is 1280. The second kappa shape index (κ2) is 9.90. The van der Waals surface area contributed by atoms with Crippen LogP contribution < -0.4 is 20.3 Å². The summed E-state index contributed by atoms with van der Waals surface area (Å²) >= 11 is 11.9. The molecule has 3 aromatic rings. The lowest BCUT2D eigenvalue weighted by molar-refractivity contribution is 0.0846. The second-order valence-corrected chi connectivity index (χ2v) is 8.86. The van der Waals surface area contributed by atoms with Crippen molar-refractivity contribution < 1.29 is 22.7 Å². The van der Waals surface area contributed by atoms with Gasteiger partial charge in [0.2, 0.25) is 0 Å². The van der Waals surface area contributed by atoms with Gasteiger partial charge in [0.15, 0.2) is 0 Å². The molecule has 3 rings (SSSR count). The summed E-state index contributed by atoms with van der Waals surface area (Å²) in [4.78, 5) is 24.3. The number of hydrogen-bond donors (Lipinski definition) is 3. The van der Waals surface area contributed by atoms with Crippen LogP contribution in [0.1, 0.15) is 20.7 Å². The van der Waals surface area contributed by atoms with E-state index in [2.05, 4.69) is 15.6 Å². The van der Waals surface area contributed by atoms with Gasteiger partial charge in [-0.25, -0.2) is 8.42 Å². The average molecular weight is 494 g/mol. The van der Waals surface area contributed by atoms with Crippen molar-refractivity contribution in [2.75, 3.05) is 11.8 Å². The monoisotopic (exact) mass is 493 g/mol. The van der Waals surface area contributed by atoms with Crippen molar-refractivity contribution >= 4 is 50.7 Å². The number of para-hydroxylation sites is 2. The SMILES string of the molecule is COc1ccccc1NS(=O)(=O)c1cc(C(=O)NNC(=O)c2cccc(Cl)c2)ccc1Cl. The Morgan fingerprint density at radius 2 is 1.50 bits per heavy atom. The molecule has 0 bridgehead atoms. The summed E-state index contributed by atoms with van der Waals surface area (Å²) in [5.74, 6) is -1.03. The Kier molecular flexibility index (Phi) is 7.24. The van der Waals surface area contributed by atoms with Crippen LogP contribution in [0.2, 0.25) is 10.0 Å². The number of rotatable bonds is 6. The van der Waals surface area contributed by atoms with Crippen LogP contribution in [-0.2, 0) is 10.0 Å². The van der Waals surface area contributed by atoms with E-state index in [0.717, 1.165) is 6.07 Å². The van der Waals surface area contributed by atoms with Crippen molar-refractivity contribution in [2.24, 2.45) is 0 Å². The number of hydrogen-bond acceptors (Lipinski definition) is 5. The van der Waals surface area contributed by atoms with Gasteiger partial charge in [-0.05, 0) is 48.5 Å². The fourth-order valence-electron chi connectivity index (χ4n) is 2.67. The minimum atomic E-state index is -4.16. The van der Waals surface area contributed by atoms with E-state index in [4.69, 9.17) is 27.9 Å². The van der Waals surface area contributed by atoms with Crippen molar-refractivity contribution in [1.29, 1.82) is 0 Å². The van der Waals surface area contributed by atoms with Gasteiger partial charge in [-0.3, -0.25) is 25.2 Å². The standard InChI is InChI=1S/C21H17Cl2N3O5S/c1-31-18-8-3-2-7-17(18)26-32(29,30)19-12-14(9-10-16(19)23)21(28)25-24-20(27)13-5-4-6-15(22)11-13/h2-12,26H,1H3,(H,24,27)(H,25,28). The van der Waals surface area contributed by atoms with Gasteiger partial charge in [-0.1, -0.05) is 41.4 Å². The van der Waals surface area contributed by atoms with E-state index in [1.165, 1.54) is 37.4 Å². The zero-order chi connectivity index (χ0) is 23.3. The predicted molar refractivity (Wildman–Crippen MR) is 122 cm³/mol. The third-order valence-electron chi connectivity index (χ3n) is 4.21. The van der Waals surface area contributed by atoms with Crippen molar-refractivity contribution in [3.05, 3.63) is 87.9 Å². The van der Waals surface area contributed by atoms with Gasteiger partial charge in [0.05, 0.1) is 17.8 Å². The van der Waals surface area contributed by atoms with Crippen molar-refractivity contribution in [1.82, 2.24) is 10.9 Å². The molecular formula is C21H17Cl2N3O5S. The third kappa shape index (κ3) is 5.50. The molecule has 11 heteroatoms. The lowest BCUT2D eigenvalue weighted by Gasteiger charge is -2.13. The van der Waals surface area contributed by atoms with Gasteiger partial charge >= 0.3 is 0 Å². The molecule has 0 aliphatic heterocycles. The maximum absolute atomic E-state index is 12.9. The smallest absolute Gasteiger partial charge is 0.269 e. The molecule has 8 nitrogen and oxygen atoms in total. The highest BCUT2D eigenvalue weighted by Crippen LogP contribution is 2.29. The minimum absolute atomic E-state index is 0.0406. The van der Waals surface area contributed by atoms with Gasteiger partial charge in [0, 0.05) is 16.1 Å². The summed E-state index contributed by atoms with van der Waals surface area (Å²) in [6.07, 6.45) is 0. The zero-order valence-corrected chi connectivity index (χ0v) is 18.9. The molecule has 32 heavy (non-hydrogen) atoms. The molecule has 0 saturated heterocycles. The largest absolute Gasteiger partial charge is 0.495 e. The number of benzene rings is 3. The highest BCUT2D eigenvalue weighted by molar-refractivity contribution is 7.92. The topological polar surface area (TPSA) is 114 Å². The van der Waals surface area contributed by atoms with Crippen LogP contribution >= 0.6 is 23.2 Å². The number of ether oxygens (including phenoxy) is 1. The number of hydrazine groups is 1. The van der Waals surface area contributed by atoms with Crippen LogP contribution in [0.5, 0.6) is 5.75 Å². The number of amides is 2. The van der Waals surface area contributed by atoms with E-state index in [-0.39, 0.29) is 26.7 Å². The highest BCUT2D eigenvalue weighted by Gasteiger charge is 2.22. The first-order chi connectivity index (χ1) is 15.2. The van der Waals surface area contributed by atoms with Gasteiger partial charge in [-0.2, -0.15) is 0 Å². The molecule has 0 saturated carbocycles. The first-order valence-corrected chi connectivity index (χ1v) is 11.3. The number of methoxy groups -OCH3 is 1. The van der Waals surface area contributed by atoms with E-state index < -0.39 is 21.8 Å². The van der Waals surface area contributed by atoms with Crippen LogP contribution in [0.25, 0.3) is 0 Å². The van der Waals surface area contributed by atoms with Crippen molar-refractivity contribution in [3.63, 3.8) is 0 Å². The Morgan fingerprint density at radius 1 is 0.844 bits per heavy atom. The number of anilines is 1. The number of carbonyl (C=O) groups excluding carboxylic acids is 2. The van der Waals surface area contributed by atoms with Gasteiger partial charge < -0.3 is 4.74 Å². The minimum Gasteiger partial charge on any atom is -0.495 e. The summed E-state index contributed by atoms with van der Waals surface area (Å²) < 4.78 is 33.3. The van der Waals surface area contributed by atoms with Gasteiger partial charge in [0.1, 0.15) is 10.6 Å². The molecule has 3 aromatic carbocycles. The summed E-state index contributed by atoms with van der Waals surface area (Å²) in [5, 5.41) is 0.269. The second-order valence-electron chi connectivity index (χ2n) is 6.37. The molecule has 0 radical (unpaired) electrons. The fourth-order valence-corrected chi connectivity index (χ4v) is 4.45. The summed E-state index contributed by atoms with van der Waals surface area (Å²) in [6, 6.07) is 16.3. The summed E-state index contributed by atoms with van der Waals surface area (Å²) in [6.45, 7) is 0. The molecule has 0 atom stereocenters. The molecule has 0 spiro atoms. The zero-order valence-electron chi connectivity index (χ0n) is 16.6. The first-order valence-electron chi connectivity index (χ1n) is 9.03. The highest BCUT2D eigenvalue weighted by atomic mass is 35.5. The maximum Gasteiger partial charge on any atom is 0.269 e. The molecule has 0 heterocycles. The third-order valence-corrected chi connectivity index (χ3v) is 6.29. The van der Waals surface area contributed by atoms with Crippen LogP contribution in [0.4, 0.5) is 5.69 Å². The van der Waals surface area contributed by atoms with Crippen LogP contribution in [0.3, 0.4) is 0 Å². The first kappa shape index (κ1) is 23.4. The Hall–Kier alpha value is -3.27. The van der Waals surface area contributed by atoms with E-state index >= 15 is 0 Å². The van der Waals surface area contributed by atoms with Crippen LogP contribution in [0.15, 0.2) is 71.6 Å². The number of sulfonamides is 1. The Balaban J connectivity index is 1.78. The Labute approximate surface area is 194 Å². The molecule has 0 aliphatic rings. The molecule has 3 N–H and O–H groups in total. The molecule has 0 unspecified atom stereocenters. The van der Waals surface area contributed by atoms with Crippen molar-refractivity contribution in [2.45, 2.75) is 4.90 Å². The molecule has 0 fully saturated rings. The molecule has 0 aliphatic carbocycles. The van der Waals surface area contributed by atoms with Crippen LogP contribution in [-0.4, -0.2) is 27.3 Å². The number of nitrogens with one attached hydrogen (secondary N) is 3. The van der Waals surface area contributed by atoms with E-state index in [1.54, 1.807) is 30.3 Å². The fraction of sp³-hybridized carbons (Fsp3) is 0.0476. The van der Waals surface area contributed by atoms with Gasteiger partial charge in [-0.15, -0.1) is 0 Å². The quantitative estimate of drug-likeness (QED) is 0.451. The summed E-state index contributed by atoms with van der Waals surface area (Å²) in [5.41, 5.74) is 4.86. The maximum atomic E-state index is 12.9. The summed E-state index contributed by atoms with van der Waals surface area (Å²) in [7, 11) is -2.75. The molecular weight excluding hydrogens is 477 g/mol. The molecule has 2 amide bonds. The number of carbonyl (C=O) groups is 2. The molecule has 0 aromatic heterocycles. The average Bonchev–Trinajstić information content (AvgIpc) is 2.77. The van der Waals surface area contributed by atoms with Crippen molar-refractivity contribution in [3.8, 4) is 5.75 Å². The predicted octanol–water partition coefficient (Wildman–Crippen LogP) is 3.88.